The molecule has 1 fully saturated rings. The van der Waals surface area contributed by atoms with Crippen molar-refractivity contribution in [2.24, 2.45) is 0 Å². The van der Waals surface area contributed by atoms with Gasteiger partial charge in [-0.1, -0.05) is 17.7 Å². The molecular formula is C12H13ClFNO3S. The Labute approximate surface area is 117 Å². The van der Waals surface area contributed by atoms with Crippen LogP contribution in [0.25, 0.3) is 0 Å². The summed E-state index contributed by atoms with van der Waals surface area (Å²) in [5.74, 6) is -0.354. The first-order valence-corrected chi connectivity index (χ1v) is 7.51. The molecule has 0 amide bonds. The minimum atomic E-state index is -1.15. The maximum absolute atomic E-state index is 13.0. The van der Waals surface area contributed by atoms with Gasteiger partial charge in [-0.15, -0.1) is 0 Å². The van der Waals surface area contributed by atoms with E-state index in [0.29, 0.717) is 11.3 Å². The molecule has 1 aromatic carbocycles. The lowest BCUT2D eigenvalue weighted by Crippen LogP contribution is -2.49. The number of hydrogen-bond donors (Lipinski definition) is 1. The molecule has 3 atom stereocenters. The second-order valence-electron chi connectivity index (χ2n) is 4.23. The van der Waals surface area contributed by atoms with Gasteiger partial charge in [0.1, 0.15) is 11.9 Å². The molecule has 1 N–H and O–H groups in total. The van der Waals surface area contributed by atoms with Gasteiger partial charge in [0.15, 0.2) is 0 Å². The zero-order valence-electron chi connectivity index (χ0n) is 10.2. The normalized spacial score (nSPS) is 27.0. The summed E-state index contributed by atoms with van der Waals surface area (Å²) in [6.45, 7) is 0. The van der Waals surface area contributed by atoms with E-state index in [9.17, 15) is 13.4 Å². The summed E-state index contributed by atoms with van der Waals surface area (Å²) in [6.07, 6.45) is 0. The number of hydrogen-bond acceptors (Lipinski definition) is 4. The van der Waals surface area contributed by atoms with E-state index in [1.807, 2.05) is 0 Å². The van der Waals surface area contributed by atoms with E-state index >= 15 is 0 Å². The largest absolute Gasteiger partial charge is 0.468 e. The Morgan fingerprint density at radius 2 is 2.26 bits per heavy atom. The molecular weight excluding hydrogens is 293 g/mol. The Hall–Kier alpha value is -0.980. The fraction of sp³-hybridized carbons (Fsp3) is 0.417. The fourth-order valence-corrected chi connectivity index (χ4v) is 3.71. The third-order valence-corrected chi connectivity index (χ3v) is 4.67. The van der Waals surface area contributed by atoms with Crippen LogP contribution < -0.4 is 5.32 Å². The van der Waals surface area contributed by atoms with Crippen LogP contribution >= 0.6 is 11.6 Å². The highest BCUT2D eigenvalue weighted by molar-refractivity contribution is 7.85. The number of benzene rings is 1. The number of carbonyl (C=O) groups excluding carboxylic acids is 1. The Kier molecular flexibility index (Phi) is 4.54. The van der Waals surface area contributed by atoms with Crippen molar-refractivity contribution in [2.75, 3.05) is 18.6 Å². The van der Waals surface area contributed by atoms with Crippen molar-refractivity contribution in [3.05, 3.63) is 34.6 Å². The van der Waals surface area contributed by atoms with Crippen LogP contribution in [0.4, 0.5) is 4.39 Å². The lowest BCUT2D eigenvalue weighted by molar-refractivity contribution is -0.142. The van der Waals surface area contributed by atoms with Crippen LogP contribution in [0, 0.1) is 5.82 Å². The van der Waals surface area contributed by atoms with Crippen LogP contribution in [0.5, 0.6) is 0 Å². The van der Waals surface area contributed by atoms with Crippen molar-refractivity contribution in [2.45, 2.75) is 12.1 Å². The fourth-order valence-electron chi connectivity index (χ4n) is 2.02. The number of esters is 1. The molecule has 104 valence electrons. The number of carbonyl (C=O) groups is 1. The molecule has 2 rings (SSSR count). The maximum atomic E-state index is 13.0. The number of methoxy groups -OCH3 is 1. The first kappa shape index (κ1) is 14.4. The van der Waals surface area contributed by atoms with Crippen molar-refractivity contribution in [3.8, 4) is 0 Å². The van der Waals surface area contributed by atoms with Gasteiger partial charge in [-0.3, -0.25) is 14.3 Å². The van der Waals surface area contributed by atoms with Crippen LogP contribution in [0.3, 0.4) is 0 Å². The molecule has 1 aliphatic rings. The first-order chi connectivity index (χ1) is 9.01. The van der Waals surface area contributed by atoms with Gasteiger partial charge in [0.05, 0.1) is 7.11 Å². The van der Waals surface area contributed by atoms with E-state index in [4.69, 9.17) is 11.6 Å². The van der Waals surface area contributed by atoms with Crippen LogP contribution in [-0.2, 0) is 20.3 Å². The molecule has 0 aromatic heterocycles. The first-order valence-electron chi connectivity index (χ1n) is 5.65. The smallest absolute Gasteiger partial charge is 0.323 e. The summed E-state index contributed by atoms with van der Waals surface area (Å²) < 4.78 is 29.5. The highest BCUT2D eigenvalue weighted by Crippen LogP contribution is 2.27. The van der Waals surface area contributed by atoms with E-state index < -0.39 is 28.6 Å². The monoisotopic (exact) mass is 305 g/mol. The average molecular weight is 306 g/mol. The van der Waals surface area contributed by atoms with Gasteiger partial charge in [-0.25, -0.2) is 4.39 Å². The SMILES string of the molecule is COC(=O)C1CS(=O)CC(c2ccc(F)cc2Cl)N1. The summed E-state index contributed by atoms with van der Waals surface area (Å²) in [5.41, 5.74) is 0.630. The minimum absolute atomic E-state index is 0.210. The van der Waals surface area contributed by atoms with Gasteiger partial charge in [-0.05, 0) is 17.7 Å². The van der Waals surface area contributed by atoms with Gasteiger partial charge in [0.25, 0.3) is 0 Å². The molecule has 7 heteroatoms. The number of nitrogens with one attached hydrogen (secondary N) is 1. The van der Waals surface area contributed by atoms with Crippen LogP contribution in [0.2, 0.25) is 5.02 Å². The molecule has 0 aliphatic carbocycles. The second kappa shape index (κ2) is 5.98. The quantitative estimate of drug-likeness (QED) is 0.840. The molecule has 1 aromatic rings. The molecule has 0 radical (unpaired) electrons. The van der Waals surface area contributed by atoms with E-state index in [-0.39, 0.29) is 16.8 Å². The Morgan fingerprint density at radius 1 is 1.53 bits per heavy atom. The molecule has 1 aliphatic heterocycles. The lowest BCUT2D eigenvalue weighted by Gasteiger charge is -2.29. The summed E-state index contributed by atoms with van der Waals surface area (Å²) in [5, 5.41) is 3.29. The van der Waals surface area contributed by atoms with Crippen molar-refractivity contribution >= 4 is 28.4 Å². The lowest BCUT2D eigenvalue weighted by atomic mass is 10.1. The molecule has 4 nitrogen and oxygen atoms in total. The van der Waals surface area contributed by atoms with Gasteiger partial charge in [0, 0.05) is 33.4 Å². The zero-order chi connectivity index (χ0) is 14.0. The van der Waals surface area contributed by atoms with E-state index in [0.717, 1.165) is 0 Å². The molecule has 1 heterocycles. The van der Waals surface area contributed by atoms with Crippen molar-refractivity contribution < 1.29 is 18.1 Å². The standard InChI is InChI=1S/C12H13ClFNO3S/c1-18-12(16)11-6-19(17)5-10(15-11)8-3-2-7(14)4-9(8)13/h2-4,10-11,15H,5-6H2,1H3. The van der Waals surface area contributed by atoms with Crippen LogP contribution in [-0.4, -0.2) is 34.8 Å². The average Bonchev–Trinajstić information content (AvgIpc) is 2.37. The highest BCUT2D eigenvalue weighted by Gasteiger charge is 2.32. The van der Waals surface area contributed by atoms with Gasteiger partial charge >= 0.3 is 5.97 Å². The van der Waals surface area contributed by atoms with Gasteiger partial charge < -0.3 is 4.74 Å². The molecule has 1 saturated heterocycles. The summed E-state index contributed by atoms with van der Waals surface area (Å²) in [7, 11) is 0.127. The van der Waals surface area contributed by atoms with Gasteiger partial charge in [-0.2, -0.15) is 0 Å². The maximum Gasteiger partial charge on any atom is 0.323 e. The Bertz CT molecular complexity index is 526. The predicted octanol–water partition coefficient (Wildman–Crippen LogP) is 1.41. The summed E-state index contributed by atoms with van der Waals surface area (Å²) in [4.78, 5) is 11.5. The van der Waals surface area contributed by atoms with Gasteiger partial charge in [0.2, 0.25) is 0 Å². The summed E-state index contributed by atoms with van der Waals surface area (Å²) >= 11 is 5.98. The van der Waals surface area contributed by atoms with E-state index in [2.05, 4.69) is 10.1 Å². The van der Waals surface area contributed by atoms with E-state index in [1.165, 1.54) is 25.3 Å². The number of ether oxygens (including phenoxy) is 1. The third-order valence-electron chi connectivity index (χ3n) is 2.93. The van der Waals surface area contributed by atoms with Crippen LogP contribution in [0.1, 0.15) is 11.6 Å². The topological polar surface area (TPSA) is 55.4 Å². The van der Waals surface area contributed by atoms with Crippen molar-refractivity contribution in [1.82, 2.24) is 5.32 Å². The third kappa shape index (κ3) is 3.32. The molecule has 19 heavy (non-hydrogen) atoms. The second-order valence-corrected chi connectivity index (χ2v) is 6.19. The number of rotatable bonds is 2. The Balaban J connectivity index is 2.24. The van der Waals surface area contributed by atoms with E-state index in [1.54, 1.807) is 0 Å². The predicted molar refractivity (Wildman–Crippen MR) is 71.0 cm³/mol. The summed E-state index contributed by atoms with van der Waals surface area (Å²) in [6, 6.07) is 3.03. The minimum Gasteiger partial charge on any atom is -0.468 e. The zero-order valence-corrected chi connectivity index (χ0v) is 11.8. The number of halogens is 2. The molecule has 3 unspecified atom stereocenters. The van der Waals surface area contributed by atoms with Crippen LogP contribution in [0.15, 0.2) is 18.2 Å². The van der Waals surface area contributed by atoms with Crippen molar-refractivity contribution in [3.63, 3.8) is 0 Å². The Morgan fingerprint density at radius 3 is 2.89 bits per heavy atom. The highest BCUT2D eigenvalue weighted by atomic mass is 35.5. The molecule has 0 spiro atoms. The molecule has 0 saturated carbocycles. The molecule has 0 bridgehead atoms. The van der Waals surface area contributed by atoms with Crippen molar-refractivity contribution in [1.29, 1.82) is 0 Å².